The largest absolute Gasteiger partial charge is 0.478 e. The lowest BCUT2D eigenvalue weighted by molar-refractivity contribution is -0.384. The minimum atomic E-state index is -1.17. The highest BCUT2D eigenvalue weighted by Gasteiger charge is 2.17. The van der Waals surface area contributed by atoms with Crippen molar-refractivity contribution in [3.63, 3.8) is 0 Å². The van der Waals surface area contributed by atoms with Crippen molar-refractivity contribution in [2.45, 2.75) is 13.5 Å². The molecule has 2 aromatic rings. The van der Waals surface area contributed by atoms with Gasteiger partial charge in [-0.3, -0.25) is 10.1 Å². The van der Waals surface area contributed by atoms with E-state index in [1.807, 2.05) is 0 Å². The third-order valence-electron chi connectivity index (χ3n) is 2.44. The molecule has 1 heterocycles. The summed E-state index contributed by atoms with van der Waals surface area (Å²) in [6, 6.07) is 3.48. The van der Waals surface area contributed by atoms with Crippen molar-refractivity contribution in [3.8, 4) is 0 Å². The Morgan fingerprint density at radius 3 is 2.85 bits per heavy atom. The number of nitrogens with zero attached hydrogens (tertiary/aromatic N) is 3. The van der Waals surface area contributed by atoms with E-state index in [0.717, 1.165) is 6.07 Å². The normalized spacial score (nSPS) is 10.2. The highest BCUT2D eigenvalue weighted by molar-refractivity contribution is 5.90. The van der Waals surface area contributed by atoms with Gasteiger partial charge in [-0.1, -0.05) is 5.16 Å². The Bertz CT molecular complexity index is 667. The highest BCUT2D eigenvalue weighted by Crippen LogP contribution is 2.26. The molecular weight excluding hydrogens is 268 g/mol. The lowest BCUT2D eigenvalue weighted by Gasteiger charge is -2.05. The van der Waals surface area contributed by atoms with Gasteiger partial charge < -0.3 is 14.9 Å². The molecule has 1 aromatic heterocycles. The van der Waals surface area contributed by atoms with Gasteiger partial charge in [0.05, 0.1) is 17.0 Å². The zero-order chi connectivity index (χ0) is 14.7. The van der Waals surface area contributed by atoms with Gasteiger partial charge in [0.2, 0.25) is 5.89 Å². The highest BCUT2D eigenvalue weighted by atomic mass is 16.6. The number of benzene rings is 1. The molecule has 0 saturated heterocycles. The van der Waals surface area contributed by atoms with Crippen LogP contribution in [0.5, 0.6) is 0 Å². The van der Waals surface area contributed by atoms with Gasteiger partial charge >= 0.3 is 5.97 Å². The van der Waals surface area contributed by atoms with E-state index in [0.29, 0.717) is 5.82 Å². The van der Waals surface area contributed by atoms with E-state index in [9.17, 15) is 14.9 Å². The second-order valence-electron chi connectivity index (χ2n) is 3.88. The Labute approximate surface area is 112 Å². The monoisotopic (exact) mass is 278 g/mol. The summed E-state index contributed by atoms with van der Waals surface area (Å²) in [6.07, 6.45) is 0. The Hall–Kier alpha value is -2.97. The van der Waals surface area contributed by atoms with Crippen LogP contribution in [0.4, 0.5) is 11.4 Å². The summed E-state index contributed by atoms with van der Waals surface area (Å²) in [7, 11) is 0. The van der Waals surface area contributed by atoms with Crippen molar-refractivity contribution in [1.82, 2.24) is 10.1 Å². The molecule has 0 atom stereocenters. The molecule has 9 heteroatoms. The molecule has 0 amide bonds. The van der Waals surface area contributed by atoms with Gasteiger partial charge in [-0.05, 0) is 19.1 Å². The van der Waals surface area contributed by atoms with Crippen LogP contribution in [0.3, 0.4) is 0 Å². The van der Waals surface area contributed by atoms with Gasteiger partial charge in [0.15, 0.2) is 5.82 Å². The molecular formula is C11H10N4O5. The maximum atomic E-state index is 10.9. The first-order valence-electron chi connectivity index (χ1n) is 5.52. The summed E-state index contributed by atoms with van der Waals surface area (Å²) in [6.45, 7) is 1.70. The average Bonchev–Trinajstić information content (AvgIpc) is 2.81. The van der Waals surface area contributed by atoms with Gasteiger partial charge in [0.1, 0.15) is 5.69 Å². The van der Waals surface area contributed by atoms with E-state index in [4.69, 9.17) is 9.63 Å². The molecule has 1 aromatic carbocycles. The minimum Gasteiger partial charge on any atom is -0.478 e. The maximum Gasteiger partial charge on any atom is 0.335 e. The molecule has 20 heavy (non-hydrogen) atoms. The second kappa shape index (κ2) is 5.34. The Kier molecular flexibility index (Phi) is 3.60. The first-order chi connectivity index (χ1) is 9.47. The number of carbonyl (C=O) groups is 1. The molecule has 0 aliphatic heterocycles. The summed E-state index contributed by atoms with van der Waals surface area (Å²) in [5.74, 6) is -0.482. The zero-order valence-electron chi connectivity index (χ0n) is 10.4. The number of aromatic carboxylic acids is 1. The van der Waals surface area contributed by atoms with E-state index < -0.39 is 10.9 Å². The number of rotatable bonds is 5. The zero-order valence-corrected chi connectivity index (χ0v) is 10.4. The molecule has 0 bridgehead atoms. The van der Waals surface area contributed by atoms with Crippen LogP contribution in [0, 0.1) is 17.0 Å². The predicted molar refractivity (Wildman–Crippen MR) is 66.4 cm³/mol. The predicted octanol–water partition coefficient (Wildman–Crippen LogP) is 1.60. The van der Waals surface area contributed by atoms with Gasteiger partial charge in [-0.2, -0.15) is 4.98 Å². The van der Waals surface area contributed by atoms with E-state index in [-0.39, 0.29) is 29.4 Å². The summed E-state index contributed by atoms with van der Waals surface area (Å²) < 4.78 is 4.85. The number of nitro benzene ring substituents is 1. The number of nitrogens with one attached hydrogen (secondary N) is 1. The SMILES string of the molecule is Cc1noc(CNc2cc(C(=O)O)ccc2[N+](=O)[O-])n1. The van der Waals surface area contributed by atoms with Crippen LogP contribution in [-0.2, 0) is 6.54 Å². The van der Waals surface area contributed by atoms with Gasteiger partial charge in [-0.15, -0.1) is 0 Å². The Morgan fingerprint density at radius 1 is 1.55 bits per heavy atom. The number of hydrogen-bond acceptors (Lipinski definition) is 7. The number of nitro groups is 1. The minimum absolute atomic E-state index is 0.0557. The van der Waals surface area contributed by atoms with E-state index in [1.165, 1.54) is 12.1 Å². The summed E-state index contributed by atoms with van der Waals surface area (Å²) in [5, 5.41) is 26.1. The molecule has 2 rings (SSSR count). The number of carboxylic acid groups (broad SMARTS) is 1. The van der Waals surface area contributed by atoms with Crippen LogP contribution >= 0.6 is 0 Å². The number of carboxylic acids is 1. The van der Waals surface area contributed by atoms with E-state index >= 15 is 0 Å². The fourth-order valence-electron chi connectivity index (χ4n) is 1.55. The van der Waals surface area contributed by atoms with E-state index in [1.54, 1.807) is 6.92 Å². The Balaban J connectivity index is 2.25. The van der Waals surface area contributed by atoms with Crippen molar-refractivity contribution in [3.05, 3.63) is 45.6 Å². The lowest BCUT2D eigenvalue weighted by atomic mass is 10.1. The van der Waals surface area contributed by atoms with Crippen LogP contribution in [0.25, 0.3) is 0 Å². The van der Waals surface area contributed by atoms with Gasteiger partial charge in [0.25, 0.3) is 5.69 Å². The fourth-order valence-corrected chi connectivity index (χ4v) is 1.55. The molecule has 0 aliphatic carbocycles. The van der Waals surface area contributed by atoms with Crippen molar-refractivity contribution in [2.75, 3.05) is 5.32 Å². The van der Waals surface area contributed by atoms with E-state index in [2.05, 4.69) is 15.5 Å². The molecule has 9 nitrogen and oxygen atoms in total. The maximum absolute atomic E-state index is 10.9. The first-order valence-corrected chi connectivity index (χ1v) is 5.52. The average molecular weight is 278 g/mol. The number of anilines is 1. The van der Waals surface area contributed by atoms with Gasteiger partial charge in [0, 0.05) is 6.07 Å². The number of aryl methyl sites for hydroxylation is 1. The standard InChI is InChI=1S/C11H10N4O5/c1-6-13-10(20-14-6)5-12-8-4-7(11(16)17)2-3-9(8)15(18)19/h2-4,12H,5H2,1H3,(H,16,17). The molecule has 0 radical (unpaired) electrons. The fraction of sp³-hybridized carbons (Fsp3) is 0.182. The third-order valence-corrected chi connectivity index (χ3v) is 2.44. The molecule has 0 spiro atoms. The van der Waals surface area contributed by atoms with Crippen molar-refractivity contribution in [2.24, 2.45) is 0 Å². The van der Waals surface area contributed by atoms with Gasteiger partial charge in [-0.25, -0.2) is 4.79 Å². The third kappa shape index (κ3) is 2.88. The van der Waals surface area contributed by atoms with Crippen LogP contribution in [-0.4, -0.2) is 26.1 Å². The van der Waals surface area contributed by atoms with Crippen LogP contribution in [0.1, 0.15) is 22.1 Å². The molecule has 104 valence electrons. The smallest absolute Gasteiger partial charge is 0.335 e. The summed E-state index contributed by atoms with van der Waals surface area (Å²) in [4.78, 5) is 25.1. The molecule has 0 fully saturated rings. The number of aromatic nitrogens is 2. The first kappa shape index (κ1) is 13.5. The molecule has 0 aliphatic rings. The Morgan fingerprint density at radius 2 is 2.30 bits per heavy atom. The van der Waals surface area contributed by atoms with Crippen LogP contribution < -0.4 is 5.32 Å². The molecule has 0 saturated carbocycles. The van der Waals surface area contributed by atoms with Crippen molar-refractivity contribution in [1.29, 1.82) is 0 Å². The lowest BCUT2D eigenvalue weighted by Crippen LogP contribution is -2.05. The van der Waals surface area contributed by atoms with Crippen molar-refractivity contribution >= 4 is 17.3 Å². The van der Waals surface area contributed by atoms with Crippen LogP contribution in [0.15, 0.2) is 22.7 Å². The molecule has 0 unspecified atom stereocenters. The quantitative estimate of drug-likeness (QED) is 0.622. The van der Waals surface area contributed by atoms with Crippen LogP contribution in [0.2, 0.25) is 0 Å². The molecule has 2 N–H and O–H groups in total. The van der Waals surface area contributed by atoms with Crippen molar-refractivity contribution < 1.29 is 19.3 Å². The second-order valence-corrected chi connectivity index (χ2v) is 3.88. The number of hydrogen-bond donors (Lipinski definition) is 2. The summed E-state index contributed by atoms with van der Waals surface area (Å²) in [5.41, 5.74) is -0.211. The topological polar surface area (TPSA) is 131 Å². The summed E-state index contributed by atoms with van der Waals surface area (Å²) >= 11 is 0.